The van der Waals surface area contributed by atoms with Crippen LogP contribution >= 0.6 is 0 Å². The maximum Gasteiger partial charge on any atom is 0.416 e. The summed E-state index contributed by atoms with van der Waals surface area (Å²) in [6.45, 7) is 1.43. The van der Waals surface area contributed by atoms with Crippen molar-refractivity contribution in [3.8, 4) is 0 Å². The number of alkyl halides is 3. The molecule has 2 heterocycles. The van der Waals surface area contributed by atoms with Gasteiger partial charge in [0.15, 0.2) is 0 Å². The first-order valence-electron chi connectivity index (χ1n) is 10.8. The standard InChI is InChI=1S/C22H29F3N2O4/c1-30-20-12-31-7-6-18(20)26-16-4-2-13(9-16)21(29)27-10-14-8-15(22(23,24)25)3-5-17(14)19(28)11-27/h3,5,8,13,16,18-20,26,28H,2,4,6-7,9-12H2,1H3/t13?,16-,18+,19?,20-/m1/s1. The lowest BCUT2D eigenvalue weighted by Gasteiger charge is -2.35. The van der Waals surface area contributed by atoms with Gasteiger partial charge in [0.05, 0.1) is 30.9 Å². The molecule has 1 saturated carbocycles. The second-order valence-electron chi connectivity index (χ2n) is 8.76. The average Bonchev–Trinajstić information content (AvgIpc) is 3.21. The summed E-state index contributed by atoms with van der Waals surface area (Å²) in [5.41, 5.74) is 0.0647. The van der Waals surface area contributed by atoms with Gasteiger partial charge in [0.25, 0.3) is 0 Å². The molecule has 1 aliphatic carbocycles. The number of halogens is 3. The Balaban J connectivity index is 1.39. The van der Waals surface area contributed by atoms with Gasteiger partial charge < -0.3 is 24.8 Å². The van der Waals surface area contributed by atoms with Crippen molar-refractivity contribution >= 4 is 5.91 Å². The molecule has 0 bridgehead atoms. The summed E-state index contributed by atoms with van der Waals surface area (Å²) in [5, 5.41) is 14.0. The Kier molecular flexibility index (Phi) is 6.57. The molecule has 2 fully saturated rings. The number of ether oxygens (including phenoxy) is 2. The van der Waals surface area contributed by atoms with Crippen LogP contribution in [0, 0.1) is 5.92 Å². The molecule has 5 atom stereocenters. The lowest BCUT2D eigenvalue weighted by atomic mass is 9.93. The zero-order valence-electron chi connectivity index (χ0n) is 17.5. The van der Waals surface area contributed by atoms with Gasteiger partial charge in [-0.2, -0.15) is 13.2 Å². The fraction of sp³-hybridized carbons (Fsp3) is 0.682. The smallest absolute Gasteiger partial charge is 0.387 e. The lowest BCUT2D eigenvalue weighted by molar-refractivity contribution is -0.138. The van der Waals surface area contributed by atoms with E-state index in [-0.39, 0.29) is 43.1 Å². The SMILES string of the molecule is CO[C@@H]1COCC[C@@H]1N[C@@H]1CCC(C(=O)N2Cc3cc(C(F)(F)F)ccc3C(O)C2)C1. The number of carbonyl (C=O) groups excluding carboxylic acids is 1. The number of β-amino-alcohol motifs (C(OH)–C–C–N with tert-alkyl or cyclic N) is 1. The number of amides is 1. The Labute approximate surface area is 179 Å². The summed E-state index contributed by atoms with van der Waals surface area (Å²) >= 11 is 0. The van der Waals surface area contributed by atoms with Crippen molar-refractivity contribution in [3.63, 3.8) is 0 Å². The van der Waals surface area contributed by atoms with Gasteiger partial charge >= 0.3 is 6.18 Å². The normalized spacial score (nSPS) is 31.5. The summed E-state index contributed by atoms with van der Waals surface area (Å²) in [4.78, 5) is 14.6. The molecular formula is C22H29F3N2O4. The number of aliphatic hydroxyl groups excluding tert-OH is 1. The van der Waals surface area contributed by atoms with E-state index < -0.39 is 17.8 Å². The average molecular weight is 442 g/mol. The van der Waals surface area contributed by atoms with E-state index in [2.05, 4.69) is 5.32 Å². The van der Waals surface area contributed by atoms with Crippen LogP contribution in [-0.2, 0) is 27.0 Å². The van der Waals surface area contributed by atoms with Gasteiger partial charge in [-0.25, -0.2) is 0 Å². The van der Waals surface area contributed by atoms with Crippen molar-refractivity contribution in [3.05, 3.63) is 34.9 Å². The first-order valence-corrected chi connectivity index (χ1v) is 10.8. The number of nitrogens with one attached hydrogen (secondary N) is 1. The highest BCUT2D eigenvalue weighted by Crippen LogP contribution is 2.36. The number of benzene rings is 1. The summed E-state index contributed by atoms with van der Waals surface area (Å²) in [6, 6.07) is 3.72. The van der Waals surface area contributed by atoms with E-state index in [4.69, 9.17) is 9.47 Å². The van der Waals surface area contributed by atoms with Gasteiger partial charge in [-0.3, -0.25) is 4.79 Å². The van der Waals surface area contributed by atoms with Gasteiger partial charge in [-0.1, -0.05) is 6.07 Å². The minimum Gasteiger partial charge on any atom is -0.387 e. The largest absolute Gasteiger partial charge is 0.416 e. The third kappa shape index (κ3) is 4.89. The quantitative estimate of drug-likeness (QED) is 0.750. The molecule has 1 aromatic rings. The molecule has 0 radical (unpaired) electrons. The number of rotatable bonds is 4. The van der Waals surface area contributed by atoms with Crippen LogP contribution in [0.25, 0.3) is 0 Å². The fourth-order valence-electron chi connectivity index (χ4n) is 5.04. The Morgan fingerprint density at radius 2 is 2.10 bits per heavy atom. The Morgan fingerprint density at radius 3 is 2.84 bits per heavy atom. The van der Waals surface area contributed by atoms with Gasteiger partial charge in [0, 0.05) is 38.3 Å². The maximum atomic E-state index is 13.1. The van der Waals surface area contributed by atoms with E-state index in [0.29, 0.717) is 30.8 Å². The van der Waals surface area contributed by atoms with Crippen LogP contribution in [0.2, 0.25) is 0 Å². The molecule has 9 heteroatoms. The molecule has 0 aromatic heterocycles. The third-order valence-electron chi connectivity index (χ3n) is 6.73. The van der Waals surface area contributed by atoms with E-state index >= 15 is 0 Å². The third-order valence-corrected chi connectivity index (χ3v) is 6.73. The number of nitrogens with zero attached hydrogens (tertiary/aromatic N) is 1. The molecule has 0 spiro atoms. The van der Waals surface area contributed by atoms with Crippen molar-refractivity contribution < 1.29 is 32.5 Å². The van der Waals surface area contributed by atoms with Crippen molar-refractivity contribution in [2.24, 2.45) is 5.92 Å². The summed E-state index contributed by atoms with van der Waals surface area (Å²) < 4.78 is 50.2. The molecule has 2 N–H and O–H groups in total. The zero-order chi connectivity index (χ0) is 22.2. The number of methoxy groups -OCH3 is 1. The minimum absolute atomic E-state index is 0.0138. The van der Waals surface area contributed by atoms with Crippen molar-refractivity contribution in [1.29, 1.82) is 0 Å². The van der Waals surface area contributed by atoms with E-state index in [0.717, 1.165) is 31.4 Å². The predicted octanol–water partition coefficient (Wildman–Crippen LogP) is 2.64. The first-order chi connectivity index (χ1) is 14.8. The second-order valence-corrected chi connectivity index (χ2v) is 8.76. The maximum absolute atomic E-state index is 13.1. The number of fused-ring (bicyclic) bond motifs is 1. The minimum atomic E-state index is -4.46. The monoisotopic (exact) mass is 442 g/mol. The van der Waals surface area contributed by atoms with Crippen LogP contribution in [0.3, 0.4) is 0 Å². The van der Waals surface area contributed by atoms with Crippen LogP contribution in [0.5, 0.6) is 0 Å². The Morgan fingerprint density at radius 1 is 1.29 bits per heavy atom. The molecular weight excluding hydrogens is 413 g/mol. The molecule has 6 nitrogen and oxygen atoms in total. The van der Waals surface area contributed by atoms with Gasteiger partial charge in [0.1, 0.15) is 0 Å². The molecule has 1 amide bonds. The highest BCUT2D eigenvalue weighted by atomic mass is 19.4. The fourth-order valence-corrected chi connectivity index (χ4v) is 5.04. The highest BCUT2D eigenvalue weighted by molar-refractivity contribution is 5.79. The summed E-state index contributed by atoms with van der Waals surface area (Å²) in [5.74, 6) is -0.292. The number of hydrogen-bond acceptors (Lipinski definition) is 5. The number of carbonyl (C=O) groups is 1. The first kappa shape index (κ1) is 22.5. The molecule has 172 valence electrons. The molecule has 1 aromatic carbocycles. The summed E-state index contributed by atoms with van der Waals surface area (Å²) in [6.07, 6.45) is -2.34. The van der Waals surface area contributed by atoms with Crippen molar-refractivity contribution in [1.82, 2.24) is 10.2 Å². The van der Waals surface area contributed by atoms with Crippen LogP contribution in [0.15, 0.2) is 18.2 Å². The predicted molar refractivity (Wildman–Crippen MR) is 106 cm³/mol. The molecule has 4 rings (SSSR count). The van der Waals surface area contributed by atoms with E-state index in [9.17, 15) is 23.1 Å². The zero-order valence-corrected chi connectivity index (χ0v) is 17.5. The van der Waals surface area contributed by atoms with Crippen molar-refractivity contribution in [2.75, 3.05) is 26.9 Å². The number of hydrogen-bond donors (Lipinski definition) is 2. The molecule has 2 aliphatic heterocycles. The Hall–Kier alpha value is -1.68. The van der Waals surface area contributed by atoms with Crippen LogP contribution in [0.1, 0.15) is 48.5 Å². The van der Waals surface area contributed by atoms with Gasteiger partial charge in [-0.05, 0) is 48.9 Å². The Bertz CT molecular complexity index is 803. The highest BCUT2D eigenvalue weighted by Gasteiger charge is 2.38. The van der Waals surface area contributed by atoms with Crippen LogP contribution in [-0.4, -0.2) is 61.0 Å². The molecule has 3 aliphatic rings. The van der Waals surface area contributed by atoms with Gasteiger partial charge in [0.2, 0.25) is 5.91 Å². The summed E-state index contributed by atoms with van der Waals surface area (Å²) in [7, 11) is 1.67. The van der Waals surface area contributed by atoms with Crippen LogP contribution in [0.4, 0.5) is 13.2 Å². The molecule has 1 saturated heterocycles. The second kappa shape index (κ2) is 9.05. The van der Waals surface area contributed by atoms with Crippen LogP contribution < -0.4 is 5.32 Å². The van der Waals surface area contributed by atoms with Crippen molar-refractivity contribution in [2.45, 2.75) is 62.7 Å². The molecule has 31 heavy (non-hydrogen) atoms. The number of aliphatic hydroxyl groups is 1. The van der Waals surface area contributed by atoms with E-state index in [1.54, 1.807) is 7.11 Å². The van der Waals surface area contributed by atoms with E-state index in [1.807, 2.05) is 0 Å². The van der Waals surface area contributed by atoms with E-state index in [1.165, 1.54) is 11.0 Å². The van der Waals surface area contributed by atoms with Gasteiger partial charge in [-0.15, -0.1) is 0 Å². The lowest BCUT2D eigenvalue weighted by Crippen LogP contribution is -2.50. The topological polar surface area (TPSA) is 71.0 Å². The molecule has 2 unspecified atom stereocenters.